The molecule has 0 saturated carbocycles. The maximum atomic E-state index is 6.26. The van der Waals surface area contributed by atoms with Crippen molar-refractivity contribution in [3.8, 4) is 11.5 Å². The molecule has 5 heteroatoms. The number of ether oxygens (including phenoxy) is 2. The summed E-state index contributed by atoms with van der Waals surface area (Å²) in [7, 11) is 1.60. The van der Waals surface area contributed by atoms with Gasteiger partial charge in [-0.15, -0.1) is 0 Å². The molecule has 1 aromatic carbocycles. The summed E-state index contributed by atoms with van der Waals surface area (Å²) in [5.74, 6) is 2.12. The smallest absolute Gasteiger partial charge is 0.180 e. The molecule has 0 aliphatic rings. The Morgan fingerprint density at radius 3 is 2.90 bits per heavy atom. The Morgan fingerprint density at radius 2 is 2.24 bits per heavy atom. The summed E-state index contributed by atoms with van der Waals surface area (Å²) < 4.78 is 16.2. The summed E-state index contributed by atoms with van der Waals surface area (Å²) in [6, 6.07) is 7.66. The van der Waals surface area contributed by atoms with Crippen LogP contribution in [0.4, 0.5) is 0 Å². The molecule has 112 valence electrons. The second-order valence-electron chi connectivity index (χ2n) is 4.48. The molecule has 0 radical (unpaired) electrons. The fourth-order valence-corrected chi connectivity index (χ4v) is 2.27. The summed E-state index contributed by atoms with van der Waals surface area (Å²) in [5, 5.41) is 2.67. The fraction of sp³-hybridized carbons (Fsp3) is 0.250. The zero-order chi connectivity index (χ0) is 15.1. The summed E-state index contributed by atoms with van der Waals surface area (Å²) >= 11 is 6.26. The van der Waals surface area contributed by atoms with Gasteiger partial charge in [-0.05, 0) is 24.3 Å². The molecule has 0 aliphatic heterocycles. The molecule has 1 heterocycles. The van der Waals surface area contributed by atoms with E-state index in [1.165, 1.54) is 0 Å². The average Bonchev–Trinajstić information content (AvgIpc) is 2.99. The molecule has 0 spiro atoms. The second kappa shape index (κ2) is 7.76. The van der Waals surface area contributed by atoms with Crippen LogP contribution < -0.4 is 14.8 Å². The van der Waals surface area contributed by atoms with E-state index >= 15 is 0 Å². The first-order chi connectivity index (χ1) is 10.2. The Balaban J connectivity index is 2.02. The third-order valence-electron chi connectivity index (χ3n) is 2.94. The van der Waals surface area contributed by atoms with Gasteiger partial charge in [-0.3, -0.25) is 0 Å². The van der Waals surface area contributed by atoms with Crippen LogP contribution in [0.25, 0.3) is 0 Å². The lowest BCUT2D eigenvalue weighted by atomic mass is 10.2. The number of hydrogen-bond donors (Lipinski definition) is 1. The van der Waals surface area contributed by atoms with E-state index in [1.54, 1.807) is 19.4 Å². The molecule has 0 amide bonds. The van der Waals surface area contributed by atoms with Crippen molar-refractivity contribution in [1.82, 2.24) is 0 Å². The quantitative estimate of drug-likeness (QED) is 0.763. The predicted octanol–water partition coefficient (Wildman–Crippen LogP) is 2.77. The van der Waals surface area contributed by atoms with Gasteiger partial charge in [-0.1, -0.05) is 24.3 Å². The number of halogens is 1. The average molecular weight is 309 g/mol. The van der Waals surface area contributed by atoms with Crippen molar-refractivity contribution in [3.63, 3.8) is 0 Å². The number of quaternary nitrogens is 1. The molecule has 2 aromatic rings. The maximum Gasteiger partial charge on any atom is 0.180 e. The van der Waals surface area contributed by atoms with Gasteiger partial charge >= 0.3 is 0 Å². The molecule has 21 heavy (non-hydrogen) atoms. The molecular weight excluding hydrogens is 290 g/mol. The molecular formula is C16H19ClNO3+. The lowest BCUT2D eigenvalue weighted by Gasteiger charge is -2.12. The second-order valence-corrected chi connectivity index (χ2v) is 4.89. The topological polar surface area (TPSA) is 48.2 Å². The van der Waals surface area contributed by atoms with E-state index in [4.69, 9.17) is 25.5 Å². The highest BCUT2D eigenvalue weighted by molar-refractivity contribution is 6.32. The van der Waals surface area contributed by atoms with Gasteiger partial charge in [0, 0.05) is 5.56 Å². The highest BCUT2D eigenvalue weighted by Crippen LogP contribution is 2.36. The minimum absolute atomic E-state index is 0.389. The van der Waals surface area contributed by atoms with E-state index in [0.29, 0.717) is 23.1 Å². The minimum Gasteiger partial charge on any atom is -0.493 e. The first-order valence-electron chi connectivity index (χ1n) is 6.68. The standard InChI is InChI=1S/C16H18ClNO3/c1-3-6-21-16-14(17)8-12(9-15(16)19-2)10-18-11-13-5-4-7-20-13/h3-5,7-9,18H,1,6,10-11H2,2H3/p+1. The molecule has 0 unspecified atom stereocenters. The van der Waals surface area contributed by atoms with Crippen LogP contribution in [-0.2, 0) is 13.1 Å². The normalized spacial score (nSPS) is 10.4. The SMILES string of the molecule is C=CCOc1c(Cl)cc(C[NH2+]Cc2ccco2)cc1OC. The van der Waals surface area contributed by atoms with Crippen molar-refractivity contribution in [3.05, 3.63) is 59.5 Å². The van der Waals surface area contributed by atoms with E-state index in [2.05, 4.69) is 11.9 Å². The van der Waals surface area contributed by atoms with Crippen molar-refractivity contribution in [1.29, 1.82) is 0 Å². The molecule has 2 N–H and O–H groups in total. The Labute approximate surface area is 129 Å². The molecule has 0 atom stereocenters. The lowest BCUT2D eigenvalue weighted by molar-refractivity contribution is -0.688. The number of nitrogens with two attached hydrogens (primary N) is 1. The number of benzene rings is 1. The van der Waals surface area contributed by atoms with Crippen LogP contribution in [0, 0.1) is 0 Å². The molecule has 4 nitrogen and oxygen atoms in total. The Bertz CT molecular complexity index is 581. The summed E-state index contributed by atoms with van der Waals surface area (Å²) in [6.45, 7) is 5.57. The first kappa shape index (κ1) is 15.5. The van der Waals surface area contributed by atoms with E-state index < -0.39 is 0 Å². The van der Waals surface area contributed by atoms with Gasteiger partial charge in [0.1, 0.15) is 19.7 Å². The van der Waals surface area contributed by atoms with Crippen LogP contribution >= 0.6 is 11.6 Å². The number of furan rings is 1. The zero-order valence-electron chi connectivity index (χ0n) is 12.0. The molecule has 1 aromatic heterocycles. The largest absolute Gasteiger partial charge is 0.493 e. The van der Waals surface area contributed by atoms with Crippen LogP contribution in [0.3, 0.4) is 0 Å². The molecule has 0 bridgehead atoms. The Kier molecular flexibility index (Phi) is 5.72. The van der Waals surface area contributed by atoms with Crippen molar-refractivity contribution < 1.29 is 19.2 Å². The first-order valence-corrected chi connectivity index (χ1v) is 7.06. The zero-order valence-corrected chi connectivity index (χ0v) is 12.7. The monoisotopic (exact) mass is 308 g/mol. The Morgan fingerprint density at radius 1 is 1.38 bits per heavy atom. The summed E-state index contributed by atoms with van der Waals surface area (Å²) in [6.07, 6.45) is 3.34. The van der Waals surface area contributed by atoms with E-state index in [-0.39, 0.29) is 0 Å². The Hall–Kier alpha value is -1.91. The van der Waals surface area contributed by atoms with Gasteiger partial charge in [-0.25, -0.2) is 0 Å². The number of rotatable bonds is 8. The fourth-order valence-electron chi connectivity index (χ4n) is 1.98. The summed E-state index contributed by atoms with van der Waals surface area (Å²) in [5.41, 5.74) is 1.06. The van der Waals surface area contributed by atoms with Crippen LogP contribution in [0.15, 0.2) is 47.6 Å². The molecule has 0 aliphatic carbocycles. The predicted molar refractivity (Wildman–Crippen MR) is 81.7 cm³/mol. The van der Waals surface area contributed by atoms with Gasteiger partial charge in [0.05, 0.1) is 18.4 Å². The van der Waals surface area contributed by atoms with Crippen molar-refractivity contribution >= 4 is 11.6 Å². The van der Waals surface area contributed by atoms with Gasteiger partial charge in [-0.2, -0.15) is 0 Å². The van der Waals surface area contributed by atoms with E-state index in [9.17, 15) is 0 Å². The molecule has 2 rings (SSSR count). The van der Waals surface area contributed by atoms with Gasteiger partial charge in [0.2, 0.25) is 0 Å². The highest BCUT2D eigenvalue weighted by atomic mass is 35.5. The lowest BCUT2D eigenvalue weighted by Crippen LogP contribution is -2.80. The minimum atomic E-state index is 0.389. The van der Waals surface area contributed by atoms with E-state index in [0.717, 1.165) is 24.4 Å². The maximum absolute atomic E-state index is 6.26. The van der Waals surface area contributed by atoms with Crippen LogP contribution in [0.5, 0.6) is 11.5 Å². The summed E-state index contributed by atoms with van der Waals surface area (Å²) in [4.78, 5) is 0. The van der Waals surface area contributed by atoms with Crippen molar-refractivity contribution in [2.75, 3.05) is 13.7 Å². The van der Waals surface area contributed by atoms with Crippen LogP contribution in [0.1, 0.15) is 11.3 Å². The van der Waals surface area contributed by atoms with Gasteiger partial charge in [0.15, 0.2) is 17.3 Å². The molecule has 0 saturated heterocycles. The molecule has 0 fully saturated rings. The number of hydrogen-bond acceptors (Lipinski definition) is 3. The third-order valence-corrected chi connectivity index (χ3v) is 3.22. The van der Waals surface area contributed by atoms with Crippen molar-refractivity contribution in [2.24, 2.45) is 0 Å². The highest BCUT2D eigenvalue weighted by Gasteiger charge is 2.12. The third kappa shape index (κ3) is 4.28. The van der Waals surface area contributed by atoms with Gasteiger partial charge < -0.3 is 19.2 Å². The van der Waals surface area contributed by atoms with Crippen LogP contribution in [-0.4, -0.2) is 13.7 Å². The van der Waals surface area contributed by atoms with Crippen LogP contribution in [0.2, 0.25) is 5.02 Å². The van der Waals surface area contributed by atoms with E-state index in [1.807, 2.05) is 24.3 Å². The number of methoxy groups -OCH3 is 1. The van der Waals surface area contributed by atoms with Crippen molar-refractivity contribution in [2.45, 2.75) is 13.1 Å². The van der Waals surface area contributed by atoms with Gasteiger partial charge in [0.25, 0.3) is 0 Å².